The summed E-state index contributed by atoms with van der Waals surface area (Å²) in [5.74, 6) is 2.20. The zero-order chi connectivity index (χ0) is 20.1. The van der Waals surface area contributed by atoms with E-state index in [-0.39, 0.29) is 5.91 Å². The second-order valence-corrected chi connectivity index (χ2v) is 6.57. The van der Waals surface area contributed by atoms with Crippen molar-refractivity contribution in [3.8, 4) is 23.0 Å². The van der Waals surface area contributed by atoms with Gasteiger partial charge in [-0.3, -0.25) is 9.78 Å². The molecule has 29 heavy (non-hydrogen) atoms. The molecule has 1 aliphatic rings. The summed E-state index contributed by atoms with van der Waals surface area (Å²) in [5.41, 5.74) is 1.40. The number of halogens is 1. The Kier molecular flexibility index (Phi) is 5.63. The number of nitrogens with zero attached hydrogens (tertiary/aromatic N) is 1. The number of hydrogen-bond acceptors (Lipinski definition) is 5. The van der Waals surface area contributed by atoms with Crippen molar-refractivity contribution in [3.63, 3.8) is 0 Å². The Morgan fingerprint density at radius 1 is 1.03 bits per heavy atom. The zero-order valence-electron chi connectivity index (χ0n) is 15.3. The minimum Gasteiger partial charge on any atom is -0.486 e. The van der Waals surface area contributed by atoms with Crippen LogP contribution < -0.4 is 19.5 Å². The van der Waals surface area contributed by atoms with Crippen molar-refractivity contribution in [1.29, 1.82) is 0 Å². The van der Waals surface area contributed by atoms with Gasteiger partial charge in [-0.15, -0.1) is 0 Å². The van der Waals surface area contributed by atoms with Gasteiger partial charge in [0.2, 0.25) is 5.91 Å². The zero-order valence-corrected chi connectivity index (χ0v) is 16.1. The summed E-state index contributed by atoms with van der Waals surface area (Å²) in [6.07, 6.45) is 6.42. The first kappa shape index (κ1) is 18.8. The molecule has 0 saturated heterocycles. The fourth-order valence-corrected chi connectivity index (χ4v) is 3.01. The van der Waals surface area contributed by atoms with E-state index in [1.54, 1.807) is 67.0 Å². The molecule has 1 N–H and O–H groups in total. The molecule has 0 spiro atoms. The van der Waals surface area contributed by atoms with Crippen LogP contribution >= 0.6 is 11.6 Å². The lowest BCUT2D eigenvalue weighted by molar-refractivity contribution is -0.111. The van der Waals surface area contributed by atoms with Gasteiger partial charge in [-0.1, -0.05) is 11.6 Å². The third-order valence-electron chi connectivity index (χ3n) is 4.05. The van der Waals surface area contributed by atoms with Gasteiger partial charge in [-0.2, -0.15) is 0 Å². The lowest BCUT2D eigenvalue weighted by Gasteiger charge is -2.19. The number of rotatable bonds is 5. The molecule has 4 rings (SSSR count). The fraction of sp³-hybridized carbons (Fsp3) is 0.0909. The standard InChI is InChI=1S/C22H17ClN2O4/c23-19-13-15(14-20-22(19)28-12-11-27-20)1-6-21(26)25-16-2-4-17(5-3-16)29-18-7-9-24-10-8-18/h1-10,13-14H,11-12H2,(H,25,26)/b6-1+. The molecule has 2 aromatic carbocycles. The quantitative estimate of drug-likeness (QED) is 0.605. The van der Waals surface area contributed by atoms with Crippen LogP contribution in [0.1, 0.15) is 5.56 Å². The minimum atomic E-state index is -0.265. The van der Waals surface area contributed by atoms with Gasteiger partial charge in [0, 0.05) is 24.2 Å². The van der Waals surface area contributed by atoms with E-state index in [9.17, 15) is 4.79 Å². The van der Waals surface area contributed by atoms with Crippen LogP contribution in [0.5, 0.6) is 23.0 Å². The van der Waals surface area contributed by atoms with Crippen LogP contribution in [0.15, 0.2) is 67.0 Å². The van der Waals surface area contributed by atoms with E-state index in [1.165, 1.54) is 6.08 Å². The molecule has 0 saturated carbocycles. The SMILES string of the molecule is O=C(/C=C/c1cc(Cl)c2c(c1)OCCO2)Nc1ccc(Oc2ccncc2)cc1. The molecule has 7 heteroatoms. The number of anilines is 1. The number of pyridine rings is 1. The molecule has 1 aliphatic heterocycles. The van der Waals surface area contributed by atoms with Gasteiger partial charge in [0.15, 0.2) is 11.5 Å². The first-order valence-electron chi connectivity index (χ1n) is 8.93. The molecule has 2 heterocycles. The Bertz CT molecular complexity index is 1040. The first-order valence-corrected chi connectivity index (χ1v) is 9.31. The maximum absolute atomic E-state index is 12.2. The smallest absolute Gasteiger partial charge is 0.248 e. The lowest BCUT2D eigenvalue weighted by atomic mass is 10.1. The number of ether oxygens (including phenoxy) is 3. The van der Waals surface area contributed by atoms with Crippen LogP contribution in [0.3, 0.4) is 0 Å². The van der Waals surface area contributed by atoms with Crippen LogP contribution in [-0.4, -0.2) is 24.1 Å². The third kappa shape index (κ3) is 4.86. The molecule has 3 aromatic rings. The fourth-order valence-electron chi connectivity index (χ4n) is 2.73. The number of nitrogens with one attached hydrogen (secondary N) is 1. The molecule has 1 amide bonds. The summed E-state index contributed by atoms with van der Waals surface area (Å²) in [6, 6.07) is 14.1. The molecule has 0 aliphatic carbocycles. The van der Waals surface area contributed by atoms with Gasteiger partial charge in [0.25, 0.3) is 0 Å². The van der Waals surface area contributed by atoms with E-state index >= 15 is 0 Å². The maximum atomic E-state index is 12.2. The average Bonchev–Trinajstić information content (AvgIpc) is 2.74. The van der Waals surface area contributed by atoms with Crippen LogP contribution in [0.25, 0.3) is 6.08 Å². The highest BCUT2D eigenvalue weighted by Gasteiger charge is 2.16. The van der Waals surface area contributed by atoms with Crippen molar-refractivity contribution in [2.45, 2.75) is 0 Å². The molecule has 0 atom stereocenters. The second kappa shape index (κ2) is 8.67. The van der Waals surface area contributed by atoms with Gasteiger partial charge in [-0.25, -0.2) is 0 Å². The van der Waals surface area contributed by atoms with Crippen LogP contribution in [-0.2, 0) is 4.79 Å². The van der Waals surface area contributed by atoms with Crippen molar-refractivity contribution in [1.82, 2.24) is 4.98 Å². The summed E-state index contributed by atoms with van der Waals surface area (Å²) >= 11 is 6.21. The van der Waals surface area contributed by atoms with Crippen molar-refractivity contribution in [2.75, 3.05) is 18.5 Å². The van der Waals surface area contributed by atoms with Crippen molar-refractivity contribution in [3.05, 3.63) is 77.6 Å². The number of carbonyl (C=O) groups is 1. The Labute approximate surface area is 172 Å². The Balaban J connectivity index is 1.37. The number of amides is 1. The lowest BCUT2D eigenvalue weighted by Crippen LogP contribution is -2.15. The van der Waals surface area contributed by atoms with Gasteiger partial charge in [-0.05, 0) is 60.2 Å². The van der Waals surface area contributed by atoms with E-state index in [2.05, 4.69) is 10.3 Å². The van der Waals surface area contributed by atoms with Crippen LogP contribution in [0.4, 0.5) is 5.69 Å². The van der Waals surface area contributed by atoms with Crippen molar-refractivity contribution in [2.24, 2.45) is 0 Å². The predicted octanol–water partition coefficient (Wildman–Crippen LogP) is 4.95. The van der Waals surface area contributed by atoms with Gasteiger partial charge < -0.3 is 19.5 Å². The molecular formula is C22H17ClN2O4. The van der Waals surface area contributed by atoms with E-state index in [4.69, 9.17) is 25.8 Å². The normalized spacial score (nSPS) is 12.6. The Morgan fingerprint density at radius 3 is 2.55 bits per heavy atom. The average molecular weight is 409 g/mol. The minimum absolute atomic E-state index is 0.265. The van der Waals surface area contributed by atoms with E-state index in [0.717, 1.165) is 5.56 Å². The molecule has 1 aromatic heterocycles. The highest BCUT2D eigenvalue weighted by atomic mass is 35.5. The molecular weight excluding hydrogens is 392 g/mol. The van der Waals surface area contributed by atoms with Crippen LogP contribution in [0, 0.1) is 0 Å². The molecule has 0 bridgehead atoms. The molecule has 6 nitrogen and oxygen atoms in total. The summed E-state index contributed by atoms with van der Waals surface area (Å²) in [4.78, 5) is 16.2. The number of hydrogen-bond donors (Lipinski definition) is 1. The topological polar surface area (TPSA) is 69.7 Å². The second-order valence-electron chi connectivity index (χ2n) is 6.16. The predicted molar refractivity (Wildman–Crippen MR) is 111 cm³/mol. The first-order chi connectivity index (χ1) is 14.2. The summed E-state index contributed by atoms with van der Waals surface area (Å²) in [6.45, 7) is 0.939. The molecule has 0 fully saturated rings. The summed E-state index contributed by atoms with van der Waals surface area (Å²) < 4.78 is 16.7. The molecule has 0 unspecified atom stereocenters. The van der Waals surface area contributed by atoms with Gasteiger partial charge >= 0.3 is 0 Å². The monoisotopic (exact) mass is 408 g/mol. The third-order valence-corrected chi connectivity index (χ3v) is 4.33. The number of fused-ring (bicyclic) bond motifs is 1. The number of carbonyl (C=O) groups excluding carboxylic acids is 1. The van der Waals surface area contributed by atoms with Gasteiger partial charge in [0.1, 0.15) is 24.7 Å². The molecule has 146 valence electrons. The number of aromatic nitrogens is 1. The highest BCUT2D eigenvalue weighted by molar-refractivity contribution is 6.32. The van der Waals surface area contributed by atoms with Gasteiger partial charge in [0.05, 0.1) is 5.02 Å². The number of benzene rings is 2. The summed E-state index contributed by atoms with van der Waals surface area (Å²) in [7, 11) is 0. The van der Waals surface area contributed by atoms with Crippen molar-refractivity contribution < 1.29 is 19.0 Å². The largest absolute Gasteiger partial charge is 0.486 e. The van der Waals surface area contributed by atoms with E-state index in [0.29, 0.717) is 46.9 Å². The van der Waals surface area contributed by atoms with Crippen molar-refractivity contribution >= 4 is 29.3 Å². The van der Waals surface area contributed by atoms with Crippen LogP contribution in [0.2, 0.25) is 5.02 Å². The Hall–Kier alpha value is -3.51. The maximum Gasteiger partial charge on any atom is 0.248 e. The Morgan fingerprint density at radius 2 is 1.76 bits per heavy atom. The van der Waals surface area contributed by atoms with E-state index < -0.39 is 0 Å². The molecule has 0 radical (unpaired) electrons. The summed E-state index contributed by atoms with van der Waals surface area (Å²) in [5, 5.41) is 3.25. The highest BCUT2D eigenvalue weighted by Crippen LogP contribution is 2.38. The van der Waals surface area contributed by atoms with E-state index in [1.807, 2.05) is 0 Å².